The summed E-state index contributed by atoms with van der Waals surface area (Å²) in [7, 11) is 0. The highest BCUT2D eigenvalue weighted by Gasteiger charge is 2.38. The Morgan fingerprint density at radius 3 is 2.29 bits per heavy atom. The molecule has 28 heavy (non-hydrogen) atoms. The Hall–Kier alpha value is -3.04. The highest BCUT2D eigenvalue weighted by Crippen LogP contribution is 2.15. The molecule has 0 fully saturated rings. The summed E-state index contributed by atoms with van der Waals surface area (Å²) < 4.78 is 36.1. The molecule has 0 saturated heterocycles. The number of benzene rings is 1. The first-order chi connectivity index (χ1) is 13.2. The highest BCUT2D eigenvalue weighted by atomic mass is 19.1. The average molecular weight is 401 g/mol. The zero-order valence-corrected chi connectivity index (χ0v) is 15.4. The number of carbonyl (C=O) groups excluding carboxylic acids is 3. The van der Waals surface area contributed by atoms with Gasteiger partial charge in [-0.3, -0.25) is 14.4 Å². The van der Waals surface area contributed by atoms with Gasteiger partial charge in [-0.05, 0) is 25.5 Å². The molecular weight excluding hydrogens is 380 g/mol. The van der Waals surface area contributed by atoms with E-state index >= 15 is 0 Å². The van der Waals surface area contributed by atoms with Gasteiger partial charge in [-0.2, -0.15) is 0 Å². The van der Waals surface area contributed by atoms with Crippen molar-refractivity contribution in [3.63, 3.8) is 0 Å². The molecule has 2 atom stereocenters. The molecule has 1 aromatic carbocycles. The summed E-state index contributed by atoms with van der Waals surface area (Å²) in [5, 5.41) is 11.5. The SMILES string of the molecule is CCOC(=O)C[C@H](C(=O)OCC)[C@H](NC(=O)Cc1ccc(F)cc1F)C(=O)O. The lowest BCUT2D eigenvalue weighted by atomic mass is 9.95. The summed E-state index contributed by atoms with van der Waals surface area (Å²) in [5.41, 5.74) is -0.166. The van der Waals surface area contributed by atoms with Crippen molar-refractivity contribution in [1.29, 1.82) is 0 Å². The lowest BCUT2D eigenvalue weighted by Crippen LogP contribution is -2.50. The number of esters is 2. The van der Waals surface area contributed by atoms with Gasteiger partial charge in [0.1, 0.15) is 17.7 Å². The predicted octanol–water partition coefficient (Wildman–Crippen LogP) is 1.21. The third-order valence-corrected chi connectivity index (χ3v) is 3.63. The molecule has 0 bridgehead atoms. The van der Waals surface area contributed by atoms with E-state index in [9.17, 15) is 33.1 Å². The summed E-state index contributed by atoms with van der Waals surface area (Å²) in [6.07, 6.45) is -1.22. The molecule has 10 heteroatoms. The van der Waals surface area contributed by atoms with Crippen molar-refractivity contribution in [3.05, 3.63) is 35.4 Å². The third-order valence-electron chi connectivity index (χ3n) is 3.63. The van der Waals surface area contributed by atoms with Crippen molar-refractivity contribution in [2.45, 2.75) is 32.7 Å². The van der Waals surface area contributed by atoms with E-state index in [1.807, 2.05) is 0 Å². The monoisotopic (exact) mass is 401 g/mol. The zero-order valence-electron chi connectivity index (χ0n) is 15.4. The number of hydrogen-bond acceptors (Lipinski definition) is 6. The number of amides is 1. The molecule has 2 N–H and O–H groups in total. The predicted molar refractivity (Wildman–Crippen MR) is 91.0 cm³/mol. The number of rotatable bonds is 10. The molecule has 0 radical (unpaired) electrons. The van der Waals surface area contributed by atoms with Crippen LogP contribution in [0, 0.1) is 17.6 Å². The summed E-state index contributed by atoms with van der Waals surface area (Å²) in [6, 6.07) is 0.767. The van der Waals surface area contributed by atoms with Crippen LogP contribution in [0.25, 0.3) is 0 Å². The van der Waals surface area contributed by atoms with Gasteiger partial charge in [0.05, 0.1) is 32.0 Å². The largest absolute Gasteiger partial charge is 0.480 e. The molecule has 0 saturated carbocycles. The Kier molecular flexibility index (Phi) is 9.00. The van der Waals surface area contributed by atoms with Crippen molar-refractivity contribution in [1.82, 2.24) is 5.32 Å². The Morgan fingerprint density at radius 1 is 1.11 bits per heavy atom. The number of carbonyl (C=O) groups is 4. The summed E-state index contributed by atoms with van der Waals surface area (Å²) in [4.78, 5) is 47.6. The van der Waals surface area contributed by atoms with Crippen molar-refractivity contribution < 1.29 is 42.5 Å². The molecule has 154 valence electrons. The van der Waals surface area contributed by atoms with Crippen LogP contribution in [0.3, 0.4) is 0 Å². The van der Waals surface area contributed by atoms with E-state index in [1.165, 1.54) is 13.8 Å². The number of aliphatic carboxylic acids is 1. The fourth-order valence-corrected chi connectivity index (χ4v) is 2.38. The van der Waals surface area contributed by atoms with Crippen molar-refractivity contribution in [2.24, 2.45) is 5.92 Å². The number of hydrogen-bond donors (Lipinski definition) is 2. The summed E-state index contributed by atoms with van der Waals surface area (Å²) >= 11 is 0. The van der Waals surface area contributed by atoms with Crippen LogP contribution >= 0.6 is 0 Å². The van der Waals surface area contributed by atoms with E-state index in [0.717, 1.165) is 12.1 Å². The molecule has 0 heterocycles. The maximum absolute atomic E-state index is 13.7. The van der Waals surface area contributed by atoms with Crippen LogP contribution in [0.15, 0.2) is 18.2 Å². The quantitative estimate of drug-likeness (QED) is 0.566. The Balaban J connectivity index is 2.98. The molecule has 8 nitrogen and oxygen atoms in total. The van der Waals surface area contributed by atoms with Crippen LogP contribution in [0.1, 0.15) is 25.8 Å². The normalized spacial score (nSPS) is 12.6. The van der Waals surface area contributed by atoms with Crippen LogP contribution in [0.4, 0.5) is 8.78 Å². The molecule has 0 aromatic heterocycles. The van der Waals surface area contributed by atoms with Gasteiger partial charge in [-0.25, -0.2) is 13.6 Å². The maximum atomic E-state index is 13.7. The maximum Gasteiger partial charge on any atom is 0.327 e. The number of carboxylic acid groups (broad SMARTS) is 1. The van der Waals surface area contributed by atoms with Crippen LogP contribution < -0.4 is 5.32 Å². The minimum Gasteiger partial charge on any atom is -0.480 e. The number of halogens is 2. The smallest absolute Gasteiger partial charge is 0.327 e. The first kappa shape index (κ1) is 23.0. The van der Waals surface area contributed by atoms with E-state index in [4.69, 9.17) is 9.47 Å². The molecule has 0 aliphatic heterocycles. The van der Waals surface area contributed by atoms with Gasteiger partial charge in [-0.15, -0.1) is 0 Å². The van der Waals surface area contributed by atoms with E-state index < -0.39 is 60.3 Å². The van der Waals surface area contributed by atoms with Gasteiger partial charge in [-0.1, -0.05) is 6.07 Å². The van der Waals surface area contributed by atoms with Crippen LogP contribution in [0.5, 0.6) is 0 Å². The fraction of sp³-hybridized carbons (Fsp3) is 0.444. The number of nitrogens with one attached hydrogen (secondary N) is 1. The molecule has 0 spiro atoms. The van der Waals surface area contributed by atoms with Crippen LogP contribution in [-0.2, 0) is 35.1 Å². The first-order valence-corrected chi connectivity index (χ1v) is 8.47. The van der Waals surface area contributed by atoms with Gasteiger partial charge >= 0.3 is 17.9 Å². The van der Waals surface area contributed by atoms with E-state index in [-0.39, 0.29) is 18.8 Å². The second-order valence-electron chi connectivity index (χ2n) is 5.66. The third kappa shape index (κ3) is 6.93. The fourth-order valence-electron chi connectivity index (χ4n) is 2.38. The minimum atomic E-state index is -1.81. The first-order valence-electron chi connectivity index (χ1n) is 8.47. The molecule has 0 unspecified atom stereocenters. The Labute approximate surface area is 159 Å². The summed E-state index contributed by atoms with van der Waals surface area (Å²) in [5.74, 6) is -7.72. The van der Waals surface area contributed by atoms with Crippen molar-refractivity contribution in [2.75, 3.05) is 13.2 Å². The second kappa shape index (κ2) is 11.0. The molecule has 1 amide bonds. The number of ether oxygens (including phenoxy) is 2. The van der Waals surface area contributed by atoms with Crippen LogP contribution in [-0.4, -0.2) is 48.2 Å². The second-order valence-corrected chi connectivity index (χ2v) is 5.66. The van der Waals surface area contributed by atoms with Crippen LogP contribution in [0.2, 0.25) is 0 Å². The average Bonchev–Trinajstić information content (AvgIpc) is 2.60. The van der Waals surface area contributed by atoms with Gasteiger partial charge in [0.2, 0.25) is 5.91 Å². The Morgan fingerprint density at radius 2 is 1.75 bits per heavy atom. The molecule has 1 aromatic rings. The lowest BCUT2D eigenvalue weighted by molar-refractivity contribution is -0.160. The summed E-state index contributed by atoms with van der Waals surface area (Å²) in [6.45, 7) is 2.97. The van der Waals surface area contributed by atoms with Gasteiger partial charge < -0.3 is 19.9 Å². The standard InChI is InChI=1S/C18H21F2NO7/c1-3-27-15(23)9-12(18(26)28-4-2)16(17(24)25)21-14(22)7-10-5-6-11(19)8-13(10)20/h5-6,8,12,16H,3-4,7,9H2,1-2H3,(H,21,22)(H,24,25)/t12-,16-/m0/s1. The van der Waals surface area contributed by atoms with E-state index in [2.05, 4.69) is 5.32 Å². The highest BCUT2D eigenvalue weighted by molar-refractivity contribution is 5.91. The van der Waals surface area contributed by atoms with E-state index in [0.29, 0.717) is 6.07 Å². The molecule has 0 aliphatic carbocycles. The molecular formula is C18H21F2NO7. The Bertz CT molecular complexity index is 739. The zero-order chi connectivity index (χ0) is 21.3. The van der Waals surface area contributed by atoms with Crippen molar-refractivity contribution in [3.8, 4) is 0 Å². The topological polar surface area (TPSA) is 119 Å². The lowest BCUT2D eigenvalue weighted by Gasteiger charge is -2.23. The van der Waals surface area contributed by atoms with Crippen molar-refractivity contribution >= 4 is 23.8 Å². The van der Waals surface area contributed by atoms with E-state index in [1.54, 1.807) is 0 Å². The number of carboxylic acids is 1. The molecule has 0 aliphatic rings. The molecule has 1 rings (SSSR count). The van der Waals surface area contributed by atoms with Gasteiger partial charge in [0, 0.05) is 6.07 Å². The van der Waals surface area contributed by atoms with Gasteiger partial charge in [0.15, 0.2) is 0 Å². The van der Waals surface area contributed by atoms with Gasteiger partial charge in [0.25, 0.3) is 0 Å². The minimum absolute atomic E-state index is 0.0162.